The molecule has 0 aromatic heterocycles. The molecule has 0 radical (unpaired) electrons. The van der Waals surface area contributed by atoms with E-state index in [2.05, 4.69) is 29.6 Å². The van der Waals surface area contributed by atoms with Crippen LogP contribution < -0.4 is 10.1 Å². The fourth-order valence-corrected chi connectivity index (χ4v) is 2.06. The molecule has 0 aliphatic rings. The molecule has 2 aromatic rings. The summed E-state index contributed by atoms with van der Waals surface area (Å²) in [4.78, 5) is 0. The fourth-order valence-electron chi connectivity index (χ4n) is 2.06. The number of nitrogens with one attached hydrogen (secondary N) is 1. The van der Waals surface area contributed by atoms with Gasteiger partial charge in [0, 0.05) is 6.04 Å². The highest BCUT2D eigenvalue weighted by Crippen LogP contribution is 2.25. The Kier molecular flexibility index (Phi) is 3.81. The predicted octanol–water partition coefficient (Wildman–Crippen LogP) is 3.02. The molecule has 0 bridgehead atoms. The fraction of sp³-hybridized carbons (Fsp3) is 0.267. The second-order valence-electron chi connectivity index (χ2n) is 4.18. The van der Waals surface area contributed by atoms with Crippen LogP contribution in [0.5, 0.6) is 5.75 Å². The van der Waals surface area contributed by atoms with E-state index in [1.54, 1.807) is 7.11 Å². The first kappa shape index (κ1) is 12.4. The zero-order valence-corrected chi connectivity index (χ0v) is 10.6. The molecule has 3 nitrogen and oxygen atoms in total. The highest BCUT2D eigenvalue weighted by Gasteiger charge is 2.09. The van der Waals surface area contributed by atoms with Gasteiger partial charge in [-0.3, -0.25) is 0 Å². The lowest BCUT2D eigenvalue weighted by Gasteiger charge is -2.14. The first-order valence-corrected chi connectivity index (χ1v) is 5.90. The van der Waals surface area contributed by atoms with Crippen molar-refractivity contribution in [1.82, 2.24) is 5.32 Å². The lowest BCUT2D eigenvalue weighted by molar-refractivity contribution is 0.415. The zero-order valence-electron chi connectivity index (χ0n) is 10.6. The Hall–Kier alpha value is -2.05. The maximum absolute atomic E-state index is 8.80. The average Bonchev–Trinajstić information content (AvgIpc) is 2.43. The molecular weight excluding hydrogens is 224 g/mol. The van der Waals surface area contributed by atoms with Crippen molar-refractivity contribution in [3.05, 3.63) is 42.0 Å². The summed E-state index contributed by atoms with van der Waals surface area (Å²) in [7, 11) is 3.54. The van der Waals surface area contributed by atoms with E-state index in [1.165, 1.54) is 0 Å². The third kappa shape index (κ3) is 2.44. The van der Waals surface area contributed by atoms with Gasteiger partial charge in [-0.25, -0.2) is 0 Å². The molecule has 0 amide bonds. The van der Waals surface area contributed by atoms with Crippen molar-refractivity contribution >= 4 is 10.8 Å². The number of nitriles is 1. The second kappa shape index (κ2) is 5.52. The molecule has 1 N–H and O–H groups in total. The Balaban J connectivity index is 2.41. The summed E-state index contributed by atoms with van der Waals surface area (Å²) in [6, 6.07) is 14.5. The van der Waals surface area contributed by atoms with Gasteiger partial charge >= 0.3 is 0 Å². The first-order valence-electron chi connectivity index (χ1n) is 5.90. The summed E-state index contributed by atoms with van der Waals surface area (Å²) in [6.07, 6.45) is 0.470. The van der Waals surface area contributed by atoms with Gasteiger partial charge in [-0.1, -0.05) is 18.2 Å². The Bertz CT molecular complexity index is 587. The summed E-state index contributed by atoms with van der Waals surface area (Å²) in [6.45, 7) is 0. The number of hydrogen-bond acceptors (Lipinski definition) is 3. The van der Waals surface area contributed by atoms with Crippen LogP contribution in [-0.4, -0.2) is 14.2 Å². The van der Waals surface area contributed by atoms with Gasteiger partial charge in [0.05, 0.1) is 19.6 Å². The van der Waals surface area contributed by atoms with E-state index in [9.17, 15) is 0 Å². The predicted molar refractivity (Wildman–Crippen MR) is 72.5 cm³/mol. The SMILES string of the molecule is CNC(CC#N)c1ccc2cc(OC)ccc2c1. The van der Waals surface area contributed by atoms with Crippen molar-refractivity contribution in [3.8, 4) is 11.8 Å². The topological polar surface area (TPSA) is 45.0 Å². The monoisotopic (exact) mass is 240 g/mol. The van der Waals surface area contributed by atoms with Crippen LogP contribution in [0.2, 0.25) is 0 Å². The van der Waals surface area contributed by atoms with E-state index in [-0.39, 0.29) is 6.04 Å². The van der Waals surface area contributed by atoms with Gasteiger partial charge < -0.3 is 10.1 Å². The number of fused-ring (bicyclic) bond motifs is 1. The smallest absolute Gasteiger partial charge is 0.119 e. The van der Waals surface area contributed by atoms with Crippen molar-refractivity contribution in [3.63, 3.8) is 0 Å². The molecule has 0 heterocycles. The van der Waals surface area contributed by atoms with E-state index >= 15 is 0 Å². The van der Waals surface area contributed by atoms with Crippen LogP contribution in [0.25, 0.3) is 10.8 Å². The molecule has 3 heteroatoms. The maximum atomic E-state index is 8.80. The average molecular weight is 240 g/mol. The molecule has 1 atom stereocenters. The van der Waals surface area contributed by atoms with Crippen LogP contribution in [0.15, 0.2) is 36.4 Å². The second-order valence-corrected chi connectivity index (χ2v) is 4.18. The van der Waals surface area contributed by atoms with Crippen LogP contribution in [-0.2, 0) is 0 Å². The molecule has 2 rings (SSSR count). The van der Waals surface area contributed by atoms with Crippen molar-refractivity contribution in [2.24, 2.45) is 0 Å². The summed E-state index contributed by atoms with van der Waals surface area (Å²) >= 11 is 0. The largest absolute Gasteiger partial charge is 0.497 e. The summed E-state index contributed by atoms with van der Waals surface area (Å²) in [5, 5.41) is 14.3. The van der Waals surface area contributed by atoms with E-state index in [4.69, 9.17) is 10.00 Å². The molecule has 18 heavy (non-hydrogen) atoms. The Labute approximate surface area is 107 Å². The highest BCUT2D eigenvalue weighted by molar-refractivity contribution is 5.84. The number of hydrogen-bond donors (Lipinski definition) is 1. The molecule has 92 valence electrons. The third-order valence-electron chi connectivity index (χ3n) is 3.12. The van der Waals surface area contributed by atoms with Crippen molar-refractivity contribution in [2.75, 3.05) is 14.2 Å². The standard InChI is InChI=1S/C15H16N2O/c1-17-15(7-8-16)13-4-3-12-10-14(18-2)6-5-11(12)9-13/h3-6,9-10,15,17H,7H2,1-2H3. The number of methoxy groups -OCH3 is 1. The van der Waals surface area contributed by atoms with Gasteiger partial charge in [0.25, 0.3) is 0 Å². The molecule has 1 unspecified atom stereocenters. The van der Waals surface area contributed by atoms with Crippen LogP contribution in [0, 0.1) is 11.3 Å². The van der Waals surface area contributed by atoms with Crippen molar-refractivity contribution < 1.29 is 4.74 Å². The molecule has 0 fully saturated rings. The van der Waals surface area contributed by atoms with E-state index < -0.39 is 0 Å². The quantitative estimate of drug-likeness (QED) is 0.893. The van der Waals surface area contributed by atoms with Crippen LogP contribution in [0.4, 0.5) is 0 Å². The highest BCUT2D eigenvalue weighted by atomic mass is 16.5. The number of ether oxygens (including phenoxy) is 1. The number of benzene rings is 2. The minimum atomic E-state index is 0.0847. The minimum Gasteiger partial charge on any atom is -0.497 e. The number of nitrogens with zero attached hydrogens (tertiary/aromatic N) is 1. The zero-order chi connectivity index (χ0) is 13.0. The van der Waals surface area contributed by atoms with Gasteiger partial charge in [-0.15, -0.1) is 0 Å². The van der Waals surface area contributed by atoms with Crippen LogP contribution >= 0.6 is 0 Å². The minimum absolute atomic E-state index is 0.0847. The van der Waals surface area contributed by atoms with E-state index in [1.807, 2.05) is 25.2 Å². The van der Waals surface area contributed by atoms with Gasteiger partial charge in [0.2, 0.25) is 0 Å². The summed E-state index contributed by atoms with van der Waals surface area (Å²) in [5.41, 5.74) is 1.14. The lowest BCUT2D eigenvalue weighted by Crippen LogP contribution is -2.15. The number of rotatable bonds is 4. The maximum Gasteiger partial charge on any atom is 0.119 e. The first-order chi connectivity index (χ1) is 8.78. The lowest BCUT2D eigenvalue weighted by atomic mass is 10.00. The summed E-state index contributed by atoms with van der Waals surface area (Å²) in [5.74, 6) is 0.859. The molecule has 0 aliphatic carbocycles. The normalized spacial score (nSPS) is 12.1. The Morgan fingerprint density at radius 2 is 1.94 bits per heavy atom. The Morgan fingerprint density at radius 1 is 1.22 bits per heavy atom. The van der Waals surface area contributed by atoms with Gasteiger partial charge in [0.15, 0.2) is 0 Å². The van der Waals surface area contributed by atoms with Crippen molar-refractivity contribution in [1.29, 1.82) is 5.26 Å². The molecule has 2 aromatic carbocycles. The molecule has 0 saturated carbocycles. The van der Waals surface area contributed by atoms with Crippen LogP contribution in [0.1, 0.15) is 18.0 Å². The molecular formula is C15H16N2O. The Morgan fingerprint density at radius 3 is 2.61 bits per heavy atom. The van der Waals surface area contributed by atoms with Crippen LogP contribution in [0.3, 0.4) is 0 Å². The van der Waals surface area contributed by atoms with Crippen molar-refractivity contribution in [2.45, 2.75) is 12.5 Å². The van der Waals surface area contributed by atoms with Gasteiger partial charge in [0.1, 0.15) is 5.75 Å². The third-order valence-corrected chi connectivity index (χ3v) is 3.12. The summed E-state index contributed by atoms with van der Waals surface area (Å²) < 4.78 is 5.20. The van der Waals surface area contributed by atoms with Gasteiger partial charge in [-0.05, 0) is 41.6 Å². The van der Waals surface area contributed by atoms with Gasteiger partial charge in [-0.2, -0.15) is 5.26 Å². The van der Waals surface area contributed by atoms with E-state index in [0.29, 0.717) is 6.42 Å². The van der Waals surface area contributed by atoms with E-state index in [0.717, 1.165) is 22.1 Å². The molecule has 0 aliphatic heterocycles. The molecule has 0 spiro atoms. The molecule has 0 saturated heterocycles.